The van der Waals surface area contributed by atoms with Crippen LogP contribution < -0.4 is 0 Å². The van der Waals surface area contributed by atoms with Gasteiger partial charge in [-0.25, -0.2) is 4.57 Å². The van der Waals surface area contributed by atoms with Crippen molar-refractivity contribution in [3.8, 4) is 0 Å². The van der Waals surface area contributed by atoms with E-state index >= 15 is 4.57 Å². The molecule has 0 aliphatic carbocycles. The first-order chi connectivity index (χ1) is 64.5. The third-order valence-corrected chi connectivity index (χ3v) is 25.0. The Morgan fingerprint density at radius 3 is 0.832 bits per heavy atom. The number of phosphoric acid groups is 1. The third-order valence-electron chi connectivity index (χ3n) is 24.0. The van der Waals surface area contributed by atoms with Crippen molar-refractivity contribution in [3.05, 3.63) is 287 Å². The summed E-state index contributed by atoms with van der Waals surface area (Å²) in [6.07, 6.45) is 22.4. The summed E-state index contributed by atoms with van der Waals surface area (Å²) in [4.78, 5) is 40.3. The van der Waals surface area contributed by atoms with Gasteiger partial charge in [-0.05, 0) is 57.3 Å². The number of rotatable bonds is 72. The van der Waals surface area contributed by atoms with Crippen LogP contribution in [0.15, 0.2) is 243 Å². The van der Waals surface area contributed by atoms with Gasteiger partial charge in [-0.2, -0.15) is 0 Å². The van der Waals surface area contributed by atoms with Crippen molar-refractivity contribution in [2.45, 2.75) is 346 Å². The highest BCUT2D eigenvalue weighted by Crippen LogP contribution is 2.46. The van der Waals surface area contributed by atoms with E-state index in [4.69, 9.17) is 75.4 Å². The van der Waals surface area contributed by atoms with E-state index in [1.807, 2.05) is 243 Å². The smallest absolute Gasteiger partial charge is 0.462 e. The molecule has 0 radical (unpaired) electrons. The Morgan fingerprint density at radius 1 is 0.290 bits per heavy atom. The van der Waals surface area contributed by atoms with Crippen LogP contribution in [0.2, 0.25) is 0 Å². The first-order valence-corrected chi connectivity index (χ1v) is 50.8. The minimum Gasteiger partial charge on any atom is -0.462 e. The fourth-order valence-electron chi connectivity index (χ4n) is 16.6. The van der Waals surface area contributed by atoms with E-state index in [0.717, 1.165) is 89.5 Å². The summed E-state index contributed by atoms with van der Waals surface area (Å²) in [5.74, 6) is -1.04. The molecule has 2 heterocycles. The van der Waals surface area contributed by atoms with Crippen molar-refractivity contribution < 1.29 is 94.4 Å². The summed E-state index contributed by atoms with van der Waals surface area (Å²) in [5.41, 5.74) is 7.15. The second kappa shape index (κ2) is 65.1. The number of unbranched alkanes of at least 4 members (excludes halogenated alkanes) is 28. The molecule has 0 saturated carbocycles. The fourth-order valence-corrected chi connectivity index (χ4v) is 17.5. The minimum absolute atomic E-state index is 0.00322. The average molecular weight is 1820 g/mol. The quantitative estimate of drug-likeness (QED) is 0.0213. The molecule has 12 unspecified atom stereocenters. The van der Waals surface area contributed by atoms with Gasteiger partial charge < -0.3 is 71.2 Å². The molecule has 10 rings (SSSR count). The van der Waals surface area contributed by atoms with Crippen LogP contribution in [-0.2, 0) is 142 Å². The van der Waals surface area contributed by atoms with E-state index < -0.39 is 120 Å². The Bertz CT molecular complexity index is 4000. The van der Waals surface area contributed by atoms with Gasteiger partial charge in [0.15, 0.2) is 18.7 Å². The lowest BCUT2D eigenvalue weighted by molar-refractivity contribution is -0.338. The minimum atomic E-state index is -5.36. The Labute approximate surface area is 782 Å². The predicted octanol–water partition coefficient (Wildman–Crippen LogP) is 24.9. The van der Waals surface area contributed by atoms with Gasteiger partial charge in [0.1, 0.15) is 61.5 Å². The van der Waals surface area contributed by atoms with Gasteiger partial charge in [0.25, 0.3) is 0 Å². The molecule has 21 heteroatoms. The van der Waals surface area contributed by atoms with E-state index in [9.17, 15) is 14.5 Å². The molecule has 0 spiro atoms. The van der Waals surface area contributed by atoms with Crippen molar-refractivity contribution in [1.29, 1.82) is 0 Å². The largest absolute Gasteiger partial charge is 0.472 e. The van der Waals surface area contributed by atoms with Gasteiger partial charge in [0, 0.05) is 12.8 Å². The van der Waals surface area contributed by atoms with Gasteiger partial charge >= 0.3 is 19.8 Å². The molecular formula is C110H151O20P. The second-order valence-corrected chi connectivity index (χ2v) is 36.4. The Kier molecular flexibility index (Phi) is 52.4. The number of hydrogen-bond acceptors (Lipinski definition) is 19. The monoisotopic (exact) mass is 1820 g/mol. The molecule has 716 valence electrons. The first-order valence-electron chi connectivity index (χ1n) is 49.3. The predicted molar refractivity (Wildman–Crippen MR) is 512 cm³/mol. The van der Waals surface area contributed by atoms with Crippen LogP contribution in [0, 0.1) is 0 Å². The van der Waals surface area contributed by atoms with Crippen LogP contribution >= 0.6 is 7.82 Å². The Morgan fingerprint density at radius 2 is 0.542 bits per heavy atom. The highest BCUT2D eigenvalue weighted by molar-refractivity contribution is 7.47. The van der Waals surface area contributed by atoms with Gasteiger partial charge in [0.05, 0.1) is 85.9 Å². The molecule has 0 bridgehead atoms. The zero-order valence-corrected chi connectivity index (χ0v) is 79.1. The summed E-state index contributed by atoms with van der Waals surface area (Å²) in [6.45, 7) is 3.51. The molecule has 8 aromatic carbocycles. The molecule has 0 aromatic heterocycles. The molecule has 0 amide bonds. The van der Waals surface area contributed by atoms with E-state index in [2.05, 4.69) is 13.8 Å². The molecule has 20 nitrogen and oxygen atoms in total. The first kappa shape index (κ1) is 105. The van der Waals surface area contributed by atoms with Crippen molar-refractivity contribution in [2.24, 2.45) is 0 Å². The van der Waals surface area contributed by atoms with Gasteiger partial charge in [-0.1, -0.05) is 436 Å². The van der Waals surface area contributed by atoms with Crippen LogP contribution in [0.1, 0.15) is 264 Å². The highest BCUT2D eigenvalue weighted by Gasteiger charge is 2.52. The third kappa shape index (κ3) is 43.3. The summed E-state index contributed by atoms with van der Waals surface area (Å²) < 4.78 is 124. The SMILES string of the molecule is CCCCCCCCCCCCCCCCCC(=O)OCC(COP(=O)(O)OC(COC1OC(COCc2ccccc2)C(OCc2ccccc2)C(OCc2ccccc2)C1OCc1ccccc1)COC1OC(COCc2ccccc2)C(OCc2ccccc2)C(OCc2ccccc2)C1OCc1ccccc1)OC(=O)CCCCCCCCCCCCCCCCC. The van der Waals surface area contributed by atoms with Crippen molar-refractivity contribution in [3.63, 3.8) is 0 Å². The molecule has 2 fully saturated rings. The van der Waals surface area contributed by atoms with Crippen LogP contribution in [0.3, 0.4) is 0 Å². The number of hydrogen-bond donors (Lipinski definition) is 1. The van der Waals surface area contributed by atoms with E-state index in [0.29, 0.717) is 12.8 Å². The van der Waals surface area contributed by atoms with E-state index in [1.165, 1.54) is 135 Å². The number of phosphoric ester groups is 1. The van der Waals surface area contributed by atoms with Gasteiger partial charge in [-0.15, -0.1) is 0 Å². The molecule has 2 aliphatic rings. The molecule has 131 heavy (non-hydrogen) atoms. The summed E-state index contributed by atoms with van der Waals surface area (Å²) >= 11 is 0. The normalized spacial score (nSPS) is 19.5. The maximum atomic E-state index is 15.4. The van der Waals surface area contributed by atoms with Crippen molar-refractivity contribution >= 4 is 19.8 Å². The average Bonchev–Trinajstić information content (AvgIpc) is 0.788. The van der Waals surface area contributed by atoms with Gasteiger partial charge in [0.2, 0.25) is 0 Å². The maximum absolute atomic E-state index is 15.4. The number of carbonyl (C=O) groups excluding carboxylic acids is 2. The van der Waals surface area contributed by atoms with E-state index in [1.54, 1.807) is 0 Å². The number of esters is 2. The summed E-state index contributed by atoms with van der Waals surface area (Å²) in [6, 6.07) is 78.4. The zero-order chi connectivity index (χ0) is 91.3. The molecule has 12 atom stereocenters. The molecule has 2 aliphatic heterocycles. The second-order valence-electron chi connectivity index (χ2n) is 35.0. The summed E-state index contributed by atoms with van der Waals surface area (Å²) in [5, 5.41) is 0. The molecule has 1 N–H and O–H groups in total. The van der Waals surface area contributed by atoms with Crippen LogP contribution in [0.4, 0.5) is 0 Å². The topological polar surface area (TPSA) is 219 Å². The Hall–Kier alpha value is -7.67. The van der Waals surface area contributed by atoms with Crippen LogP contribution in [-0.4, -0.2) is 130 Å². The lowest BCUT2D eigenvalue weighted by Crippen LogP contribution is -2.62. The standard InChI is InChI=1S/C110H151O20P/c1-3-5-7-9-11-13-15-17-19-21-23-25-27-29-55-73-101(111)117-83-97(127-102(112)74-56-30-28-26-24-22-20-18-16-14-12-10-8-6-4-2)86-126-131(113,114)130-98(84-124-109-107(122-81-95-69-51-37-52-70-95)105(120-79-93-65-47-35-48-66-93)103(118-77-91-61-43-33-44-62-91)99(128-109)87-115-75-89-57-39-31-40-58-89)85-125-110-108(123-82-96-71-53-38-54-72-96)106(121-80-94-67-49-36-50-68-94)104(119-78-92-63-45-34-46-64-92)100(129-110)88-116-76-90-59-41-32-42-60-90/h31-54,57-72,97-100,103-110H,3-30,55-56,73-88H2,1-2H3,(H,113,114). The molecule has 2 saturated heterocycles. The Balaban J connectivity index is 0.937. The molecular weight excluding hydrogens is 1670 g/mol. The maximum Gasteiger partial charge on any atom is 0.472 e. The van der Waals surface area contributed by atoms with Crippen molar-refractivity contribution in [2.75, 3.05) is 39.6 Å². The number of carbonyl (C=O) groups is 2. The van der Waals surface area contributed by atoms with E-state index in [-0.39, 0.29) is 78.9 Å². The fraction of sp³-hybridized carbons (Fsp3) is 0.545. The lowest BCUT2D eigenvalue weighted by atomic mass is 9.97. The number of benzene rings is 8. The van der Waals surface area contributed by atoms with Gasteiger partial charge in [-0.3, -0.25) is 18.6 Å². The zero-order valence-electron chi connectivity index (χ0n) is 78.2. The highest BCUT2D eigenvalue weighted by atomic mass is 31.2. The van der Waals surface area contributed by atoms with Crippen LogP contribution in [0.5, 0.6) is 0 Å². The van der Waals surface area contributed by atoms with Crippen LogP contribution in [0.25, 0.3) is 0 Å². The summed E-state index contributed by atoms with van der Waals surface area (Å²) in [7, 11) is -5.36. The molecule has 8 aromatic rings. The number of ether oxygens (including phenoxy) is 14. The lowest BCUT2D eigenvalue weighted by Gasteiger charge is -2.46. The van der Waals surface area contributed by atoms with Crippen molar-refractivity contribution in [1.82, 2.24) is 0 Å².